The Labute approximate surface area is 327 Å². The number of thiophene rings is 2. The second kappa shape index (κ2) is 14.2. The molecule has 0 spiro atoms. The van der Waals surface area contributed by atoms with Crippen molar-refractivity contribution < 1.29 is 38.6 Å². The molecule has 1 unspecified atom stereocenters. The van der Waals surface area contributed by atoms with Gasteiger partial charge in [-0.1, -0.05) is 109 Å². The fourth-order valence-electron chi connectivity index (χ4n) is 7.18. The van der Waals surface area contributed by atoms with Crippen LogP contribution in [0.5, 0.6) is 0 Å². The van der Waals surface area contributed by atoms with E-state index in [2.05, 4.69) is 0 Å². The molecule has 0 fully saturated rings. The van der Waals surface area contributed by atoms with E-state index >= 15 is 0 Å². The van der Waals surface area contributed by atoms with Gasteiger partial charge in [0.15, 0.2) is 17.3 Å². The molecule has 2 aliphatic carbocycles. The summed E-state index contributed by atoms with van der Waals surface area (Å²) in [6.07, 6.45) is 1.94. The van der Waals surface area contributed by atoms with Crippen molar-refractivity contribution in [3.8, 4) is 0 Å². The lowest BCUT2D eigenvalue weighted by molar-refractivity contribution is 0.0465. The highest BCUT2D eigenvalue weighted by molar-refractivity contribution is 7.22. The van der Waals surface area contributed by atoms with Crippen LogP contribution in [0.2, 0.25) is 0 Å². The Morgan fingerprint density at radius 2 is 1.02 bits per heavy atom. The Morgan fingerprint density at radius 1 is 0.571 bits per heavy atom. The van der Waals surface area contributed by atoms with Crippen molar-refractivity contribution in [2.24, 2.45) is 0 Å². The van der Waals surface area contributed by atoms with Crippen LogP contribution < -0.4 is 0 Å². The number of rotatable bonds is 8. The average Bonchev–Trinajstić information content (AvgIpc) is 3.96. The van der Waals surface area contributed by atoms with Gasteiger partial charge in [-0.15, -0.1) is 22.7 Å². The van der Waals surface area contributed by atoms with Gasteiger partial charge >= 0.3 is 11.9 Å². The summed E-state index contributed by atoms with van der Waals surface area (Å²) in [5.74, 6) is -2.44. The van der Waals surface area contributed by atoms with Crippen molar-refractivity contribution >= 4 is 84.3 Å². The molecular formula is C46H28O8S2. The summed E-state index contributed by atoms with van der Waals surface area (Å²) in [6.45, 7) is -0.0415. The van der Waals surface area contributed by atoms with Crippen LogP contribution in [0.1, 0.15) is 84.3 Å². The first kappa shape index (κ1) is 35.1. The zero-order chi connectivity index (χ0) is 38.5. The normalized spacial score (nSPS) is 15.4. The Balaban J connectivity index is 1.23. The number of esters is 2. The van der Waals surface area contributed by atoms with Crippen LogP contribution in [0.15, 0.2) is 132 Å². The van der Waals surface area contributed by atoms with Crippen molar-refractivity contribution in [1.82, 2.24) is 0 Å². The molecule has 0 saturated carbocycles. The van der Waals surface area contributed by atoms with Crippen LogP contribution in [0.4, 0.5) is 0 Å². The summed E-state index contributed by atoms with van der Waals surface area (Å²) in [5, 5.41) is 11.9. The third-order valence-electron chi connectivity index (χ3n) is 9.88. The molecule has 2 heterocycles. The maximum absolute atomic E-state index is 14.3. The Morgan fingerprint density at radius 3 is 1.52 bits per heavy atom. The van der Waals surface area contributed by atoms with E-state index in [4.69, 9.17) is 9.47 Å². The van der Waals surface area contributed by atoms with Crippen molar-refractivity contribution in [2.75, 3.05) is 0 Å². The third kappa shape index (κ3) is 6.10. The van der Waals surface area contributed by atoms with Gasteiger partial charge < -0.3 is 14.6 Å². The van der Waals surface area contributed by atoms with Crippen molar-refractivity contribution in [1.29, 1.82) is 0 Å². The van der Waals surface area contributed by atoms with E-state index in [1.165, 1.54) is 17.4 Å². The summed E-state index contributed by atoms with van der Waals surface area (Å²) >= 11 is 2.32. The monoisotopic (exact) mass is 772 g/mol. The summed E-state index contributed by atoms with van der Waals surface area (Å²) in [5.41, 5.74) is 3.59. The average molecular weight is 773 g/mol. The maximum atomic E-state index is 14.3. The number of ether oxygens (including phenoxy) is 2. The molecule has 1 atom stereocenters. The molecule has 0 bridgehead atoms. The van der Waals surface area contributed by atoms with Gasteiger partial charge in [-0.25, -0.2) is 9.59 Å². The first-order valence-corrected chi connectivity index (χ1v) is 19.3. The molecular weight excluding hydrogens is 745 g/mol. The van der Waals surface area contributed by atoms with Crippen molar-refractivity contribution in [3.05, 3.63) is 187 Å². The molecule has 8 nitrogen and oxygen atoms in total. The largest absolute Gasteiger partial charge is 0.457 e. The number of Topliss-reactive ketones (excluding diaryl/α,β-unsaturated/α-hetero) is 3. The number of aliphatic hydroxyl groups is 1. The van der Waals surface area contributed by atoms with E-state index in [0.717, 1.165) is 22.5 Å². The summed E-state index contributed by atoms with van der Waals surface area (Å²) in [4.78, 5) is 69.8. The number of benzene rings is 5. The number of aliphatic hydroxyl groups excluding tert-OH is 1. The molecule has 5 aromatic carbocycles. The van der Waals surface area contributed by atoms with E-state index in [1.807, 2.05) is 60.7 Å². The number of fused-ring (bicyclic) bond motifs is 4. The molecule has 1 N–H and O–H groups in total. The topological polar surface area (TPSA) is 124 Å². The van der Waals surface area contributed by atoms with Crippen LogP contribution in [0.3, 0.4) is 0 Å². The molecule has 2 aromatic heterocycles. The Kier molecular flexibility index (Phi) is 8.93. The first-order valence-electron chi connectivity index (χ1n) is 17.7. The molecule has 10 heteroatoms. The number of hydrogen-bond donors (Lipinski definition) is 1. The highest BCUT2D eigenvalue weighted by Gasteiger charge is 2.35. The second-order valence-corrected chi connectivity index (χ2v) is 15.5. The predicted molar refractivity (Wildman–Crippen MR) is 215 cm³/mol. The number of carbonyl (C=O) groups excluding carboxylic acids is 5. The first-order chi connectivity index (χ1) is 27.3. The smallest absolute Gasteiger partial charge is 0.340 e. The molecule has 2 aliphatic rings. The fourth-order valence-corrected chi connectivity index (χ4v) is 9.50. The minimum Gasteiger partial charge on any atom is -0.457 e. The van der Waals surface area contributed by atoms with Gasteiger partial charge in [0.2, 0.25) is 0 Å². The summed E-state index contributed by atoms with van der Waals surface area (Å²) < 4.78 is 12.6. The lowest BCUT2D eigenvalue weighted by Crippen LogP contribution is -2.10. The van der Waals surface area contributed by atoms with Gasteiger partial charge in [0.05, 0.1) is 26.1 Å². The predicted octanol–water partition coefficient (Wildman–Crippen LogP) is 9.61. The lowest BCUT2D eigenvalue weighted by atomic mass is 10.0. The minimum atomic E-state index is -1.15. The van der Waals surface area contributed by atoms with Crippen LogP contribution in [0, 0.1) is 0 Å². The molecule has 0 amide bonds. The number of allylic oxidation sites excluding steroid dienone is 1. The van der Waals surface area contributed by atoms with Gasteiger partial charge in [-0.05, 0) is 41.0 Å². The fraction of sp³-hybridized carbons (Fsp3) is 0.0652. The molecule has 0 aliphatic heterocycles. The van der Waals surface area contributed by atoms with E-state index in [1.54, 1.807) is 66.7 Å². The number of ketones is 3. The minimum absolute atomic E-state index is 0.0179. The van der Waals surface area contributed by atoms with Gasteiger partial charge in [-0.3, -0.25) is 14.4 Å². The van der Waals surface area contributed by atoms with Crippen molar-refractivity contribution in [3.63, 3.8) is 0 Å². The molecule has 9 rings (SSSR count). The Bertz CT molecular complexity index is 2710. The second-order valence-electron chi connectivity index (χ2n) is 13.3. The maximum Gasteiger partial charge on any atom is 0.340 e. The van der Waals surface area contributed by atoms with Gasteiger partial charge in [0.1, 0.15) is 19.3 Å². The van der Waals surface area contributed by atoms with Gasteiger partial charge in [0.25, 0.3) is 0 Å². The number of carbonyl (C=O) groups is 5. The lowest BCUT2D eigenvalue weighted by Gasteiger charge is -2.11. The SMILES string of the molecule is O=C1C(=Cc2cc3c(C(=O)OCc4ccccc4)c4sc(/C=C5/C(=O)c6ccccc6C5O)cc4c(C(=O)OCc4ccccc4)c3s2)C(=O)c2ccccc21. The molecule has 56 heavy (non-hydrogen) atoms. The van der Waals surface area contributed by atoms with E-state index in [-0.39, 0.29) is 41.3 Å². The van der Waals surface area contributed by atoms with Crippen molar-refractivity contribution in [2.45, 2.75) is 19.3 Å². The Hall–Kier alpha value is -6.59. The third-order valence-corrected chi connectivity index (χ3v) is 12.1. The molecule has 0 radical (unpaired) electrons. The van der Waals surface area contributed by atoms with Gasteiger partial charge in [-0.2, -0.15) is 0 Å². The highest BCUT2D eigenvalue weighted by atomic mass is 32.1. The van der Waals surface area contributed by atoms with E-state index in [0.29, 0.717) is 52.2 Å². The summed E-state index contributed by atoms with van der Waals surface area (Å²) in [7, 11) is 0. The zero-order valence-electron chi connectivity index (χ0n) is 29.3. The van der Waals surface area contributed by atoms with E-state index < -0.39 is 29.6 Å². The standard InChI is InChI=1S/C46H28O8S2/c47-39-29-15-7-8-16-30(29)40(48)35(39)21-27-19-33-37(45(51)53-23-25-11-3-1-4-12-25)43-34(38(44(33)56-27)46(52)54-24-26-13-5-2-6-14-26)20-28(55-43)22-36-41(49)31-17-9-10-18-32(31)42(36)50/h1-22,39,47H,23-24H2/b35-21+. The van der Waals surface area contributed by atoms with Crippen LogP contribution in [-0.4, -0.2) is 34.4 Å². The van der Waals surface area contributed by atoms with Crippen LogP contribution >= 0.6 is 22.7 Å². The quantitative estimate of drug-likeness (QED) is 0.0921. The summed E-state index contributed by atoms with van der Waals surface area (Å²) in [6, 6.07) is 35.3. The van der Waals surface area contributed by atoms with E-state index in [9.17, 15) is 29.1 Å². The molecule has 0 saturated heterocycles. The van der Waals surface area contributed by atoms with Crippen LogP contribution in [0.25, 0.3) is 32.3 Å². The number of hydrogen-bond acceptors (Lipinski definition) is 10. The zero-order valence-corrected chi connectivity index (χ0v) is 30.9. The molecule has 7 aromatic rings. The van der Waals surface area contributed by atoms with Gasteiger partial charge in [0, 0.05) is 42.8 Å². The molecule has 272 valence electrons. The van der Waals surface area contributed by atoms with Crippen LogP contribution in [-0.2, 0) is 22.7 Å². The highest BCUT2D eigenvalue weighted by Crippen LogP contribution is 2.45.